The molecule has 3 atom stereocenters. The molecule has 5 heteroatoms. The van der Waals surface area contributed by atoms with Crippen LogP contribution in [0.15, 0.2) is 59.5 Å². The predicted molar refractivity (Wildman–Crippen MR) is 99.0 cm³/mol. The van der Waals surface area contributed by atoms with Gasteiger partial charge in [0.15, 0.2) is 5.75 Å². The number of pyridine rings is 1. The molecule has 0 unspecified atom stereocenters. The minimum Gasteiger partial charge on any atom is -0.483 e. The average molecular weight is 350 g/mol. The van der Waals surface area contributed by atoms with Crippen LogP contribution in [-0.4, -0.2) is 17.4 Å². The van der Waals surface area contributed by atoms with Crippen LogP contribution < -0.4 is 15.5 Å². The summed E-state index contributed by atoms with van der Waals surface area (Å²) >= 11 is 0. The number of hydrogen-bond acceptors (Lipinski definition) is 3. The smallest absolute Gasteiger partial charge is 0.267 e. The maximum absolute atomic E-state index is 12.3. The summed E-state index contributed by atoms with van der Waals surface area (Å²) in [6, 6.07) is 10.9. The van der Waals surface area contributed by atoms with E-state index in [1.54, 1.807) is 0 Å². The molecule has 1 saturated carbocycles. The van der Waals surface area contributed by atoms with E-state index in [1.807, 2.05) is 30.3 Å². The van der Waals surface area contributed by atoms with Crippen molar-refractivity contribution in [3.63, 3.8) is 0 Å². The summed E-state index contributed by atoms with van der Waals surface area (Å²) in [6.07, 6.45) is 8.37. The lowest BCUT2D eigenvalue weighted by atomic mass is 9.93. The minimum atomic E-state index is -0.298. The molecule has 1 amide bonds. The van der Waals surface area contributed by atoms with E-state index in [1.165, 1.54) is 18.7 Å². The molecular weight excluding hydrogens is 328 g/mol. The maximum atomic E-state index is 12.3. The molecule has 134 valence electrons. The van der Waals surface area contributed by atoms with Crippen molar-refractivity contribution in [2.75, 3.05) is 6.54 Å². The van der Waals surface area contributed by atoms with Gasteiger partial charge in [-0.1, -0.05) is 42.5 Å². The van der Waals surface area contributed by atoms with Crippen LogP contribution >= 0.6 is 0 Å². The molecule has 0 spiro atoms. The number of aromatic nitrogens is 1. The van der Waals surface area contributed by atoms with Gasteiger partial charge in [-0.05, 0) is 36.2 Å². The number of benzene rings is 1. The topological polar surface area (TPSA) is 71.2 Å². The highest BCUT2D eigenvalue weighted by Gasteiger charge is 2.35. The summed E-state index contributed by atoms with van der Waals surface area (Å²) in [6.45, 7) is 0.964. The highest BCUT2D eigenvalue weighted by Crippen LogP contribution is 2.42. The monoisotopic (exact) mass is 350 g/mol. The Morgan fingerprint density at radius 1 is 1.19 bits per heavy atom. The molecular formula is C21H22N2O3. The van der Waals surface area contributed by atoms with Gasteiger partial charge in [-0.15, -0.1) is 0 Å². The number of fused-ring (bicyclic) bond motifs is 2. The molecule has 0 radical (unpaired) electrons. The van der Waals surface area contributed by atoms with E-state index >= 15 is 0 Å². The Balaban J connectivity index is 1.34. The average Bonchev–Trinajstić information content (AvgIpc) is 3.29. The molecule has 0 saturated heterocycles. The van der Waals surface area contributed by atoms with E-state index in [2.05, 4.69) is 22.5 Å². The fourth-order valence-corrected chi connectivity index (χ4v) is 3.89. The molecule has 1 aromatic heterocycles. The Labute approximate surface area is 152 Å². The lowest BCUT2D eigenvalue weighted by Gasteiger charge is -2.18. The van der Waals surface area contributed by atoms with E-state index in [4.69, 9.17) is 4.74 Å². The first-order valence-corrected chi connectivity index (χ1v) is 9.05. The third-order valence-electron chi connectivity index (χ3n) is 5.30. The molecule has 26 heavy (non-hydrogen) atoms. The van der Waals surface area contributed by atoms with Crippen molar-refractivity contribution in [1.29, 1.82) is 0 Å². The van der Waals surface area contributed by atoms with Gasteiger partial charge in [0.2, 0.25) is 5.43 Å². The highest BCUT2D eigenvalue weighted by atomic mass is 16.5. The molecule has 1 heterocycles. The van der Waals surface area contributed by atoms with Gasteiger partial charge in [0.1, 0.15) is 12.3 Å². The molecule has 4 rings (SSSR count). The Morgan fingerprint density at radius 2 is 2.04 bits per heavy atom. The molecule has 2 aliphatic rings. The molecule has 1 fully saturated rings. The van der Waals surface area contributed by atoms with Crippen LogP contribution in [0.25, 0.3) is 0 Å². The van der Waals surface area contributed by atoms with Gasteiger partial charge in [0, 0.05) is 18.8 Å². The van der Waals surface area contributed by atoms with Crippen LogP contribution in [0.4, 0.5) is 0 Å². The van der Waals surface area contributed by atoms with Crippen LogP contribution in [0.1, 0.15) is 28.9 Å². The van der Waals surface area contributed by atoms with Gasteiger partial charge >= 0.3 is 0 Å². The number of ether oxygens (including phenoxy) is 1. The summed E-state index contributed by atoms with van der Waals surface area (Å²) in [5.74, 6) is 1.75. The van der Waals surface area contributed by atoms with E-state index in [0.29, 0.717) is 30.9 Å². The van der Waals surface area contributed by atoms with Crippen LogP contribution in [0.5, 0.6) is 5.75 Å². The van der Waals surface area contributed by atoms with Crippen molar-refractivity contribution in [2.45, 2.75) is 19.4 Å². The molecule has 2 bridgehead atoms. The van der Waals surface area contributed by atoms with Crippen molar-refractivity contribution in [1.82, 2.24) is 10.3 Å². The largest absolute Gasteiger partial charge is 0.483 e. The van der Waals surface area contributed by atoms with Crippen molar-refractivity contribution >= 4 is 5.91 Å². The quantitative estimate of drug-likeness (QED) is 0.787. The van der Waals surface area contributed by atoms with Crippen LogP contribution in [0.2, 0.25) is 0 Å². The maximum Gasteiger partial charge on any atom is 0.267 e. The number of rotatable bonds is 6. The number of aromatic amines is 1. The summed E-state index contributed by atoms with van der Waals surface area (Å²) in [5, 5.41) is 2.95. The lowest BCUT2D eigenvalue weighted by Crippen LogP contribution is -2.32. The molecule has 2 aromatic rings. The summed E-state index contributed by atoms with van der Waals surface area (Å²) in [4.78, 5) is 27.4. The fraction of sp³-hybridized carbons (Fsp3) is 0.333. The van der Waals surface area contributed by atoms with E-state index in [-0.39, 0.29) is 22.8 Å². The number of H-pyrrole nitrogens is 1. The van der Waals surface area contributed by atoms with Gasteiger partial charge in [-0.3, -0.25) is 9.59 Å². The third-order valence-corrected chi connectivity index (χ3v) is 5.30. The molecule has 5 nitrogen and oxygen atoms in total. The number of carbonyl (C=O) groups is 1. The first-order chi connectivity index (χ1) is 12.7. The van der Waals surface area contributed by atoms with E-state index in [0.717, 1.165) is 12.0 Å². The lowest BCUT2D eigenvalue weighted by molar-refractivity contribution is 0.0940. The third kappa shape index (κ3) is 3.57. The highest BCUT2D eigenvalue weighted by molar-refractivity contribution is 5.92. The molecule has 2 aliphatic carbocycles. The number of allylic oxidation sites excluding steroid dienone is 2. The summed E-state index contributed by atoms with van der Waals surface area (Å²) in [7, 11) is 0. The fourth-order valence-electron chi connectivity index (χ4n) is 3.89. The second kappa shape index (κ2) is 7.20. The number of amides is 1. The predicted octanol–water partition coefficient (Wildman–Crippen LogP) is 2.90. The number of hydrogen-bond donors (Lipinski definition) is 2. The van der Waals surface area contributed by atoms with Gasteiger partial charge < -0.3 is 15.0 Å². The van der Waals surface area contributed by atoms with Gasteiger partial charge in [0.25, 0.3) is 5.91 Å². The molecule has 2 N–H and O–H groups in total. The van der Waals surface area contributed by atoms with Crippen molar-refractivity contribution in [3.05, 3.63) is 76.2 Å². The molecule has 1 aromatic carbocycles. The second-order valence-corrected chi connectivity index (χ2v) is 7.10. The Morgan fingerprint density at radius 3 is 2.73 bits per heavy atom. The zero-order chi connectivity index (χ0) is 17.9. The molecule has 0 aliphatic heterocycles. The zero-order valence-electron chi connectivity index (χ0n) is 14.5. The standard InChI is InChI=1S/C21H22N2O3/c24-19-10-18(21(25)23-11-17-9-15-6-7-16(17)8-15)22-12-20(19)26-13-14-4-2-1-3-5-14/h1-7,10,12,15-17H,8-9,11,13H2,(H,22,24)(H,23,25)/t15-,16+,17+/m0/s1. The van der Waals surface area contributed by atoms with Gasteiger partial charge in [-0.25, -0.2) is 0 Å². The first kappa shape index (κ1) is 16.6. The Bertz CT molecular complexity index is 872. The SMILES string of the molecule is O=C(NC[C@H]1C[C@H]2C=C[C@@H]1C2)c1cc(=O)c(OCc2ccccc2)c[nH]1. The first-order valence-electron chi connectivity index (χ1n) is 9.05. The second-order valence-electron chi connectivity index (χ2n) is 7.10. The zero-order valence-corrected chi connectivity index (χ0v) is 14.5. The summed E-state index contributed by atoms with van der Waals surface area (Å²) in [5.41, 5.74) is 0.946. The summed E-state index contributed by atoms with van der Waals surface area (Å²) < 4.78 is 5.55. The van der Waals surface area contributed by atoms with Crippen LogP contribution in [0.3, 0.4) is 0 Å². The van der Waals surface area contributed by atoms with E-state index in [9.17, 15) is 9.59 Å². The number of nitrogens with one attached hydrogen (secondary N) is 2. The number of carbonyl (C=O) groups excluding carboxylic acids is 1. The van der Waals surface area contributed by atoms with Gasteiger partial charge in [0.05, 0.1) is 0 Å². The van der Waals surface area contributed by atoms with Crippen molar-refractivity contribution < 1.29 is 9.53 Å². The Hall–Kier alpha value is -2.82. The van der Waals surface area contributed by atoms with Crippen molar-refractivity contribution in [3.8, 4) is 5.75 Å². The minimum absolute atomic E-state index is 0.212. The Kier molecular flexibility index (Phi) is 4.61. The van der Waals surface area contributed by atoms with Crippen LogP contribution in [0, 0.1) is 17.8 Å². The van der Waals surface area contributed by atoms with Crippen molar-refractivity contribution in [2.24, 2.45) is 17.8 Å². The van der Waals surface area contributed by atoms with E-state index < -0.39 is 0 Å². The normalized spacial score (nSPS) is 23.2. The van der Waals surface area contributed by atoms with Gasteiger partial charge in [-0.2, -0.15) is 0 Å². The van der Waals surface area contributed by atoms with Crippen LogP contribution in [-0.2, 0) is 6.61 Å².